The monoisotopic (exact) mass is 208 g/mol. The quantitative estimate of drug-likeness (QED) is 0.774. The lowest BCUT2D eigenvalue weighted by molar-refractivity contribution is 0.486. The number of nitrogens with zero attached hydrogens (tertiary/aromatic N) is 2. The van der Waals surface area contributed by atoms with Crippen LogP contribution in [0.5, 0.6) is 0 Å². The van der Waals surface area contributed by atoms with E-state index >= 15 is 0 Å². The molecule has 0 spiro atoms. The summed E-state index contributed by atoms with van der Waals surface area (Å²) in [6.07, 6.45) is 4.88. The van der Waals surface area contributed by atoms with Gasteiger partial charge >= 0.3 is 0 Å². The first kappa shape index (κ1) is 9.40. The van der Waals surface area contributed by atoms with E-state index < -0.39 is 0 Å². The van der Waals surface area contributed by atoms with E-state index in [-0.39, 0.29) is 0 Å². The Morgan fingerprint density at radius 1 is 1.43 bits per heavy atom. The maximum absolute atomic E-state index is 5.34. The standard InChI is InChI=1S/C10H12N2OS/c1-2-3-4-10-12-8(5-13-10)9-6-14-7-11-9/h5-7H,2-4H2,1H3. The molecule has 0 aliphatic heterocycles. The highest BCUT2D eigenvalue weighted by molar-refractivity contribution is 7.07. The molecule has 4 heteroatoms. The molecular formula is C10H12N2OS. The molecule has 0 saturated carbocycles. The van der Waals surface area contributed by atoms with Gasteiger partial charge in [0.1, 0.15) is 17.7 Å². The minimum atomic E-state index is 0.815. The van der Waals surface area contributed by atoms with Gasteiger partial charge in [0.2, 0.25) is 0 Å². The van der Waals surface area contributed by atoms with E-state index in [1.54, 1.807) is 23.1 Å². The molecule has 0 radical (unpaired) electrons. The molecule has 0 unspecified atom stereocenters. The first-order valence-electron chi connectivity index (χ1n) is 4.73. The summed E-state index contributed by atoms with van der Waals surface area (Å²) in [5.74, 6) is 0.815. The summed E-state index contributed by atoms with van der Waals surface area (Å²) < 4.78 is 5.34. The third-order valence-corrected chi connectivity index (χ3v) is 2.58. The molecule has 0 aliphatic carbocycles. The van der Waals surface area contributed by atoms with Crippen molar-refractivity contribution in [1.82, 2.24) is 9.97 Å². The second-order valence-corrected chi connectivity index (χ2v) is 3.82. The molecule has 0 saturated heterocycles. The SMILES string of the molecule is CCCCc1nc(-c2cscn2)co1. The third-order valence-electron chi connectivity index (χ3n) is 1.99. The molecule has 2 aromatic rings. The molecule has 2 heterocycles. The number of hydrogen-bond donors (Lipinski definition) is 0. The van der Waals surface area contributed by atoms with E-state index in [0.717, 1.165) is 36.5 Å². The zero-order valence-corrected chi connectivity index (χ0v) is 8.88. The predicted molar refractivity (Wildman–Crippen MR) is 56.2 cm³/mol. The Balaban J connectivity index is 2.10. The Morgan fingerprint density at radius 2 is 2.36 bits per heavy atom. The summed E-state index contributed by atoms with van der Waals surface area (Å²) in [5, 5.41) is 1.97. The Hall–Kier alpha value is -1.16. The predicted octanol–water partition coefficient (Wildman–Crippen LogP) is 3.14. The van der Waals surface area contributed by atoms with Gasteiger partial charge in [-0.2, -0.15) is 0 Å². The summed E-state index contributed by atoms with van der Waals surface area (Å²) in [7, 11) is 0. The number of rotatable bonds is 4. The Kier molecular flexibility index (Phi) is 2.93. The van der Waals surface area contributed by atoms with E-state index in [1.807, 2.05) is 5.38 Å². The van der Waals surface area contributed by atoms with E-state index in [2.05, 4.69) is 16.9 Å². The van der Waals surface area contributed by atoms with Gasteiger partial charge in [-0.1, -0.05) is 13.3 Å². The van der Waals surface area contributed by atoms with Crippen molar-refractivity contribution in [2.75, 3.05) is 0 Å². The van der Waals surface area contributed by atoms with Gasteiger partial charge < -0.3 is 4.42 Å². The van der Waals surface area contributed by atoms with E-state index in [0.29, 0.717) is 0 Å². The zero-order chi connectivity index (χ0) is 9.80. The van der Waals surface area contributed by atoms with Crippen LogP contribution in [-0.2, 0) is 6.42 Å². The number of aryl methyl sites for hydroxylation is 1. The van der Waals surface area contributed by atoms with Crippen molar-refractivity contribution in [2.45, 2.75) is 26.2 Å². The van der Waals surface area contributed by atoms with Crippen molar-refractivity contribution in [2.24, 2.45) is 0 Å². The second-order valence-electron chi connectivity index (χ2n) is 3.10. The van der Waals surface area contributed by atoms with Gasteiger partial charge in [-0.05, 0) is 6.42 Å². The molecule has 2 rings (SSSR count). The van der Waals surface area contributed by atoms with Crippen LogP contribution < -0.4 is 0 Å². The highest BCUT2D eigenvalue weighted by Crippen LogP contribution is 2.18. The van der Waals surface area contributed by atoms with Crippen LogP contribution in [0.1, 0.15) is 25.7 Å². The number of hydrogen-bond acceptors (Lipinski definition) is 4. The average molecular weight is 208 g/mol. The maximum atomic E-state index is 5.34. The largest absolute Gasteiger partial charge is 0.448 e. The van der Waals surface area contributed by atoms with Crippen molar-refractivity contribution >= 4 is 11.3 Å². The molecular weight excluding hydrogens is 196 g/mol. The molecule has 0 N–H and O–H groups in total. The van der Waals surface area contributed by atoms with Crippen LogP contribution in [0.3, 0.4) is 0 Å². The smallest absolute Gasteiger partial charge is 0.194 e. The molecule has 0 fully saturated rings. The molecule has 3 nitrogen and oxygen atoms in total. The van der Waals surface area contributed by atoms with E-state index in [1.165, 1.54) is 0 Å². The zero-order valence-electron chi connectivity index (χ0n) is 8.06. The first-order chi connectivity index (χ1) is 6.90. The van der Waals surface area contributed by atoms with Gasteiger partial charge in [0.15, 0.2) is 5.89 Å². The first-order valence-corrected chi connectivity index (χ1v) is 5.67. The van der Waals surface area contributed by atoms with Gasteiger partial charge in [0, 0.05) is 11.8 Å². The van der Waals surface area contributed by atoms with Crippen LogP contribution in [0.2, 0.25) is 0 Å². The number of aromatic nitrogens is 2. The van der Waals surface area contributed by atoms with Crippen molar-refractivity contribution in [3.8, 4) is 11.4 Å². The van der Waals surface area contributed by atoms with Crippen LogP contribution >= 0.6 is 11.3 Å². The topological polar surface area (TPSA) is 38.9 Å². The molecule has 0 aromatic carbocycles. The van der Waals surface area contributed by atoms with Gasteiger partial charge in [0.05, 0.1) is 5.51 Å². The van der Waals surface area contributed by atoms with Crippen LogP contribution in [0, 0.1) is 0 Å². The molecule has 0 atom stereocenters. The number of thiazole rings is 1. The van der Waals surface area contributed by atoms with Gasteiger partial charge in [0.25, 0.3) is 0 Å². The van der Waals surface area contributed by atoms with Crippen molar-refractivity contribution in [1.29, 1.82) is 0 Å². The van der Waals surface area contributed by atoms with Gasteiger partial charge in [-0.25, -0.2) is 9.97 Å². The summed E-state index contributed by atoms with van der Waals surface area (Å²) in [5.41, 5.74) is 3.55. The van der Waals surface area contributed by atoms with Crippen LogP contribution in [0.25, 0.3) is 11.4 Å². The minimum absolute atomic E-state index is 0.815. The maximum Gasteiger partial charge on any atom is 0.194 e. The minimum Gasteiger partial charge on any atom is -0.448 e. The Morgan fingerprint density at radius 3 is 3.07 bits per heavy atom. The highest BCUT2D eigenvalue weighted by Gasteiger charge is 2.06. The second kappa shape index (κ2) is 4.37. The van der Waals surface area contributed by atoms with Gasteiger partial charge in [-0.15, -0.1) is 11.3 Å². The molecule has 14 heavy (non-hydrogen) atoms. The summed E-state index contributed by atoms with van der Waals surface area (Å²) in [4.78, 5) is 8.54. The number of oxazole rings is 1. The lowest BCUT2D eigenvalue weighted by atomic mass is 10.2. The van der Waals surface area contributed by atoms with Gasteiger partial charge in [-0.3, -0.25) is 0 Å². The highest BCUT2D eigenvalue weighted by atomic mass is 32.1. The fourth-order valence-electron chi connectivity index (χ4n) is 1.21. The lowest BCUT2D eigenvalue weighted by Gasteiger charge is -1.89. The fraction of sp³-hybridized carbons (Fsp3) is 0.400. The van der Waals surface area contributed by atoms with Crippen molar-refractivity contribution in [3.05, 3.63) is 23.0 Å². The normalized spacial score (nSPS) is 10.6. The Labute approximate surface area is 86.8 Å². The summed E-state index contributed by atoms with van der Waals surface area (Å²) in [6.45, 7) is 2.16. The fourth-order valence-corrected chi connectivity index (χ4v) is 1.76. The molecule has 0 aliphatic rings. The molecule has 74 valence electrons. The molecule has 0 amide bonds. The molecule has 2 aromatic heterocycles. The van der Waals surface area contributed by atoms with Crippen LogP contribution in [0.4, 0.5) is 0 Å². The van der Waals surface area contributed by atoms with Crippen molar-refractivity contribution < 1.29 is 4.42 Å². The lowest BCUT2D eigenvalue weighted by Crippen LogP contribution is -1.84. The van der Waals surface area contributed by atoms with E-state index in [4.69, 9.17) is 4.42 Å². The van der Waals surface area contributed by atoms with Crippen LogP contribution in [-0.4, -0.2) is 9.97 Å². The third kappa shape index (κ3) is 2.01. The van der Waals surface area contributed by atoms with Crippen molar-refractivity contribution in [3.63, 3.8) is 0 Å². The summed E-state index contributed by atoms with van der Waals surface area (Å²) >= 11 is 1.57. The summed E-state index contributed by atoms with van der Waals surface area (Å²) in [6, 6.07) is 0. The number of unbranched alkanes of at least 4 members (excludes halogenated alkanes) is 1. The van der Waals surface area contributed by atoms with E-state index in [9.17, 15) is 0 Å². The van der Waals surface area contributed by atoms with Crippen LogP contribution in [0.15, 0.2) is 21.6 Å². The average Bonchev–Trinajstić information content (AvgIpc) is 2.85. The Bertz CT molecular complexity index is 380. The molecule has 0 bridgehead atoms.